The Morgan fingerprint density at radius 1 is 1.05 bits per heavy atom. The number of imide groups is 1. The van der Waals surface area contributed by atoms with E-state index in [4.69, 9.17) is 14.9 Å². The Kier molecular flexibility index (Phi) is 7.29. The molecule has 0 atom stereocenters. The number of carboxylic acids is 1. The molecule has 5 N–H and O–H groups in total. The van der Waals surface area contributed by atoms with Crippen LogP contribution in [0.4, 0.5) is 34.1 Å². The van der Waals surface area contributed by atoms with Crippen molar-refractivity contribution in [2.24, 2.45) is 5.41 Å². The molecule has 3 aliphatic carbocycles. The van der Waals surface area contributed by atoms with E-state index in [0.717, 1.165) is 12.8 Å². The highest BCUT2D eigenvalue weighted by Gasteiger charge is 2.49. The monoisotopic (exact) mass is 630 g/mol. The van der Waals surface area contributed by atoms with Crippen LogP contribution in [0.25, 0.3) is 10.9 Å². The molecule has 2 aromatic rings. The van der Waals surface area contributed by atoms with E-state index in [-0.39, 0.29) is 17.8 Å². The zero-order chi connectivity index (χ0) is 28.9. The van der Waals surface area contributed by atoms with Crippen molar-refractivity contribution in [3.8, 4) is 0 Å². The highest BCUT2D eigenvalue weighted by atomic mass is 79.9. The zero-order valence-corrected chi connectivity index (χ0v) is 22.7. The lowest BCUT2D eigenvalue weighted by molar-refractivity contribution is -0.192. The third kappa shape index (κ3) is 5.65. The molecule has 3 saturated carbocycles. The summed E-state index contributed by atoms with van der Waals surface area (Å²) in [6.45, 7) is 0. The maximum absolute atomic E-state index is 14.4. The number of benzene rings is 1. The Morgan fingerprint density at radius 3 is 2.23 bits per heavy atom. The molecule has 2 heterocycles. The molecule has 3 amide bonds. The number of aliphatic carboxylic acids is 1. The highest BCUT2D eigenvalue weighted by Crippen LogP contribution is 2.56. The molecule has 0 bridgehead atoms. The highest BCUT2D eigenvalue weighted by molar-refractivity contribution is 9.10. The lowest BCUT2D eigenvalue weighted by Crippen LogP contribution is -2.51. The van der Waals surface area contributed by atoms with Crippen LogP contribution in [-0.2, 0) is 9.59 Å². The van der Waals surface area contributed by atoms with Crippen molar-refractivity contribution in [2.45, 2.75) is 81.6 Å². The van der Waals surface area contributed by atoms with Crippen molar-refractivity contribution in [1.82, 2.24) is 20.6 Å². The van der Waals surface area contributed by atoms with Gasteiger partial charge in [0.05, 0.1) is 9.99 Å². The van der Waals surface area contributed by atoms with Gasteiger partial charge in [0, 0.05) is 17.5 Å². The van der Waals surface area contributed by atoms with E-state index < -0.39 is 23.7 Å². The fraction of sp³-hybridized carbons (Fsp3) is 0.560. The average molecular weight is 631 g/mol. The Balaban J connectivity index is 0.000000411. The predicted octanol–water partition coefficient (Wildman–Crippen LogP) is 4.84. The van der Waals surface area contributed by atoms with Crippen molar-refractivity contribution < 1.29 is 37.1 Å². The Labute approximate surface area is 234 Å². The molecule has 0 radical (unpaired) electrons. The number of nitrogens with one attached hydrogen (secondary N) is 4. The van der Waals surface area contributed by atoms with Crippen molar-refractivity contribution in [3.05, 3.63) is 22.4 Å². The van der Waals surface area contributed by atoms with Crippen LogP contribution in [0.5, 0.6) is 0 Å². The lowest BCUT2D eigenvalue weighted by atomic mass is 9.54. The molecule has 1 saturated heterocycles. The third-order valence-electron chi connectivity index (χ3n) is 8.28. The molecule has 1 aromatic carbocycles. The SMILES string of the molecule is O=C(O)C(F)(F)F.O=C1NC(=O)C2(CCC(Nc3nc(NC4CC5(CCC5)C4)nc4cc(Br)c(F)cc34)CC2)N1. The fourth-order valence-corrected chi connectivity index (χ4v) is 6.31. The first-order chi connectivity index (χ1) is 18.8. The van der Waals surface area contributed by atoms with Crippen molar-refractivity contribution in [1.29, 1.82) is 0 Å². The van der Waals surface area contributed by atoms with Gasteiger partial charge in [-0.2, -0.15) is 18.2 Å². The third-order valence-corrected chi connectivity index (χ3v) is 8.89. The lowest BCUT2D eigenvalue weighted by Gasteiger charge is -2.54. The van der Waals surface area contributed by atoms with Gasteiger partial charge in [-0.1, -0.05) is 6.42 Å². The number of alkyl halides is 3. The molecular weight excluding hydrogens is 604 g/mol. The second kappa shape index (κ2) is 10.3. The summed E-state index contributed by atoms with van der Waals surface area (Å²) in [6.07, 6.45) is 3.67. The van der Waals surface area contributed by atoms with E-state index >= 15 is 0 Å². The molecule has 6 rings (SSSR count). The van der Waals surface area contributed by atoms with Gasteiger partial charge in [0.2, 0.25) is 5.95 Å². The van der Waals surface area contributed by atoms with Crippen LogP contribution in [-0.4, -0.2) is 56.8 Å². The number of anilines is 2. The van der Waals surface area contributed by atoms with E-state index in [1.165, 1.54) is 25.3 Å². The number of carbonyl (C=O) groups excluding carboxylic acids is 2. The van der Waals surface area contributed by atoms with E-state index in [1.54, 1.807) is 6.07 Å². The average Bonchev–Trinajstić information content (AvgIpc) is 3.09. The maximum atomic E-state index is 14.4. The zero-order valence-electron chi connectivity index (χ0n) is 21.1. The molecule has 4 aliphatic rings. The Morgan fingerprint density at radius 2 is 1.70 bits per heavy atom. The Bertz CT molecular complexity index is 1350. The fourth-order valence-electron chi connectivity index (χ4n) is 5.98. The smallest absolute Gasteiger partial charge is 0.475 e. The number of halogens is 5. The van der Waals surface area contributed by atoms with Gasteiger partial charge in [-0.25, -0.2) is 19.0 Å². The van der Waals surface area contributed by atoms with E-state index in [1.807, 2.05) is 0 Å². The summed E-state index contributed by atoms with van der Waals surface area (Å²) in [5.41, 5.74) is 0.395. The first-order valence-corrected chi connectivity index (χ1v) is 13.7. The van der Waals surface area contributed by atoms with Gasteiger partial charge in [0.15, 0.2) is 0 Å². The quantitative estimate of drug-likeness (QED) is 0.238. The number of aromatic nitrogens is 2. The predicted molar refractivity (Wildman–Crippen MR) is 139 cm³/mol. The van der Waals surface area contributed by atoms with Crippen molar-refractivity contribution >= 4 is 56.5 Å². The van der Waals surface area contributed by atoms with Gasteiger partial charge >= 0.3 is 18.2 Å². The summed E-state index contributed by atoms with van der Waals surface area (Å²) < 4.78 is 46.5. The van der Waals surface area contributed by atoms with E-state index in [2.05, 4.69) is 42.2 Å². The van der Waals surface area contributed by atoms with Crippen LogP contribution in [0.2, 0.25) is 0 Å². The molecule has 10 nitrogen and oxygen atoms in total. The number of hydrogen-bond acceptors (Lipinski definition) is 7. The molecular formula is C25H27BrF4N6O4. The van der Waals surface area contributed by atoms with Crippen LogP contribution in [0, 0.1) is 11.2 Å². The number of rotatable bonds is 4. The topological polar surface area (TPSA) is 145 Å². The molecule has 15 heteroatoms. The maximum Gasteiger partial charge on any atom is 0.490 e. The van der Waals surface area contributed by atoms with E-state index in [9.17, 15) is 27.2 Å². The number of hydrogen-bond donors (Lipinski definition) is 5. The first kappa shape index (κ1) is 28.3. The van der Waals surface area contributed by atoms with Gasteiger partial charge in [-0.05, 0) is 84.8 Å². The van der Waals surface area contributed by atoms with Crippen LogP contribution in [0.15, 0.2) is 16.6 Å². The van der Waals surface area contributed by atoms with Crippen LogP contribution in [0.1, 0.15) is 57.8 Å². The van der Waals surface area contributed by atoms with Gasteiger partial charge in [0.1, 0.15) is 17.2 Å². The van der Waals surface area contributed by atoms with Gasteiger partial charge in [-0.15, -0.1) is 0 Å². The minimum absolute atomic E-state index is 0.0560. The molecule has 216 valence electrons. The van der Waals surface area contributed by atoms with Gasteiger partial charge < -0.3 is 21.1 Å². The number of fused-ring (bicyclic) bond motifs is 1. The largest absolute Gasteiger partial charge is 0.490 e. The first-order valence-electron chi connectivity index (χ1n) is 12.9. The number of urea groups is 1. The molecule has 40 heavy (non-hydrogen) atoms. The molecule has 1 aromatic heterocycles. The molecule has 4 fully saturated rings. The van der Waals surface area contributed by atoms with Gasteiger partial charge in [-0.3, -0.25) is 10.1 Å². The minimum Gasteiger partial charge on any atom is -0.475 e. The van der Waals surface area contributed by atoms with Crippen molar-refractivity contribution in [2.75, 3.05) is 10.6 Å². The number of carbonyl (C=O) groups is 3. The molecule has 1 aliphatic heterocycles. The summed E-state index contributed by atoms with van der Waals surface area (Å²) in [5, 5.41) is 19.8. The van der Waals surface area contributed by atoms with Crippen molar-refractivity contribution in [3.63, 3.8) is 0 Å². The summed E-state index contributed by atoms with van der Waals surface area (Å²) in [7, 11) is 0. The summed E-state index contributed by atoms with van der Waals surface area (Å²) in [5.74, 6) is -2.23. The molecule has 2 spiro atoms. The van der Waals surface area contributed by atoms with Crippen LogP contribution >= 0.6 is 15.9 Å². The van der Waals surface area contributed by atoms with Crippen LogP contribution in [0.3, 0.4) is 0 Å². The van der Waals surface area contributed by atoms with E-state index in [0.29, 0.717) is 64.3 Å². The number of carboxylic acid groups (broad SMARTS) is 1. The van der Waals surface area contributed by atoms with Crippen LogP contribution < -0.4 is 21.3 Å². The summed E-state index contributed by atoms with van der Waals surface area (Å²) in [4.78, 5) is 42.1. The second-order valence-electron chi connectivity index (χ2n) is 11.0. The number of amides is 3. The normalized spacial score (nSPS) is 21.6. The summed E-state index contributed by atoms with van der Waals surface area (Å²) >= 11 is 3.27. The minimum atomic E-state index is -5.08. The molecule has 0 unspecified atom stereocenters. The number of nitrogens with zero attached hydrogens (tertiary/aromatic N) is 2. The second-order valence-corrected chi connectivity index (χ2v) is 11.8. The standard InChI is InChI=1S/C23H26BrFN6O2.C2HF3O2/c24-15-9-17-14(8-16(15)25)18(29-20(28-17)27-13-10-22(11-13)4-1-5-22)26-12-2-6-23(7-3-12)19(32)30-21(33)31-23;3-2(4,5)1(6)7/h8-9,12-13H,1-7,10-11H2,(H2,26,27,28,29)(H2,30,31,32,33);(H,6,7). The summed E-state index contributed by atoms with van der Waals surface area (Å²) in [6, 6.07) is 3.14. The Hall–Kier alpha value is -3.23. The van der Waals surface area contributed by atoms with Gasteiger partial charge in [0.25, 0.3) is 5.91 Å².